The number of esters is 1. The first-order valence-corrected chi connectivity index (χ1v) is 10.6. The fraction of sp³-hybridized carbons (Fsp3) is 0.143. The molecule has 0 unspecified atom stereocenters. The number of anilines is 1. The number of hydrogen-bond acceptors (Lipinski definition) is 7. The molecule has 0 atom stereocenters. The summed E-state index contributed by atoms with van der Waals surface area (Å²) in [6, 6.07) is 11.5. The maximum atomic E-state index is 12.4. The molecule has 3 rings (SSSR count). The van der Waals surface area contributed by atoms with Gasteiger partial charge in [0.05, 0.1) is 27.7 Å². The van der Waals surface area contributed by atoms with E-state index in [4.69, 9.17) is 27.9 Å². The molecule has 0 aromatic heterocycles. The highest BCUT2D eigenvalue weighted by atomic mass is 35.5. The second-order valence-electron chi connectivity index (χ2n) is 6.35. The lowest BCUT2D eigenvalue weighted by atomic mass is 10.2. The van der Waals surface area contributed by atoms with Crippen molar-refractivity contribution >= 4 is 69.8 Å². The number of halogens is 2. The summed E-state index contributed by atoms with van der Waals surface area (Å²) in [5, 5.41) is 2.67. The van der Waals surface area contributed by atoms with Crippen molar-refractivity contribution in [2.24, 2.45) is 0 Å². The van der Waals surface area contributed by atoms with Crippen LogP contribution in [0.25, 0.3) is 6.08 Å². The molecule has 1 fully saturated rings. The molecule has 1 aliphatic heterocycles. The predicted octanol–water partition coefficient (Wildman–Crippen LogP) is 4.22. The molecular formula is C21H16Cl2N2O6S. The van der Waals surface area contributed by atoms with Gasteiger partial charge in [0.2, 0.25) is 0 Å². The first-order chi connectivity index (χ1) is 15.3. The van der Waals surface area contributed by atoms with Crippen LogP contribution in [0.5, 0.6) is 5.75 Å². The smallest absolute Gasteiger partial charge is 0.325 e. The number of imide groups is 1. The molecule has 1 N–H and O–H groups in total. The van der Waals surface area contributed by atoms with Crippen molar-refractivity contribution in [1.82, 2.24) is 4.90 Å². The van der Waals surface area contributed by atoms with Crippen molar-refractivity contribution in [2.75, 3.05) is 25.6 Å². The minimum Gasteiger partial charge on any atom is -0.482 e. The summed E-state index contributed by atoms with van der Waals surface area (Å²) in [7, 11) is 1.17. The fourth-order valence-corrected chi connectivity index (χ4v) is 3.86. The Morgan fingerprint density at radius 3 is 2.56 bits per heavy atom. The zero-order chi connectivity index (χ0) is 23.3. The number of nitrogens with one attached hydrogen (secondary N) is 1. The van der Waals surface area contributed by atoms with Gasteiger partial charge in [-0.25, -0.2) is 0 Å². The summed E-state index contributed by atoms with van der Waals surface area (Å²) >= 11 is 12.9. The summed E-state index contributed by atoms with van der Waals surface area (Å²) in [6.07, 6.45) is 1.47. The molecule has 11 heteroatoms. The number of ether oxygens (including phenoxy) is 2. The van der Waals surface area contributed by atoms with E-state index < -0.39 is 29.6 Å². The summed E-state index contributed by atoms with van der Waals surface area (Å²) < 4.78 is 9.94. The highest BCUT2D eigenvalue weighted by Gasteiger charge is 2.36. The summed E-state index contributed by atoms with van der Waals surface area (Å²) in [6.45, 7) is -0.751. The van der Waals surface area contributed by atoms with Crippen LogP contribution in [0.4, 0.5) is 10.5 Å². The third kappa shape index (κ3) is 5.82. The van der Waals surface area contributed by atoms with Gasteiger partial charge < -0.3 is 14.8 Å². The molecule has 8 nitrogen and oxygen atoms in total. The van der Waals surface area contributed by atoms with Crippen LogP contribution in [-0.4, -0.2) is 48.2 Å². The van der Waals surface area contributed by atoms with Crippen LogP contribution in [0.2, 0.25) is 10.0 Å². The van der Waals surface area contributed by atoms with Gasteiger partial charge >= 0.3 is 5.97 Å². The van der Waals surface area contributed by atoms with Gasteiger partial charge in [-0.1, -0.05) is 41.4 Å². The van der Waals surface area contributed by atoms with Gasteiger partial charge in [0.1, 0.15) is 12.3 Å². The van der Waals surface area contributed by atoms with Crippen LogP contribution in [-0.2, 0) is 19.1 Å². The Morgan fingerprint density at radius 2 is 1.88 bits per heavy atom. The molecule has 0 bridgehead atoms. The largest absolute Gasteiger partial charge is 0.482 e. The molecule has 2 aromatic carbocycles. The van der Waals surface area contributed by atoms with Crippen LogP contribution in [0, 0.1) is 0 Å². The Hall–Kier alpha value is -3.01. The predicted molar refractivity (Wildman–Crippen MR) is 122 cm³/mol. The Bertz CT molecular complexity index is 1120. The van der Waals surface area contributed by atoms with Crippen molar-refractivity contribution < 1.29 is 28.7 Å². The first-order valence-electron chi connectivity index (χ1n) is 9.07. The molecule has 3 amide bonds. The minimum atomic E-state index is -0.698. The molecule has 0 aliphatic carbocycles. The lowest BCUT2D eigenvalue weighted by molar-refractivity contribution is -0.143. The maximum absolute atomic E-state index is 12.4. The Kier molecular flexibility index (Phi) is 7.79. The SMILES string of the molecule is COC(=O)CN1C(=O)S/C(=C\c2ccc(OCC(=O)Nc3ccccc3Cl)c(Cl)c2)C1=O. The van der Waals surface area contributed by atoms with E-state index in [1.165, 1.54) is 25.3 Å². The molecule has 1 aliphatic rings. The van der Waals surface area contributed by atoms with E-state index in [0.29, 0.717) is 28.0 Å². The maximum Gasteiger partial charge on any atom is 0.325 e. The average molecular weight is 495 g/mol. The highest BCUT2D eigenvalue weighted by Crippen LogP contribution is 2.33. The first kappa shape index (κ1) is 23.6. The molecule has 1 saturated heterocycles. The number of nitrogens with zero attached hydrogens (tertiary/aromatic N) is 1. The number of para-hydroxylation sites is 1. The van der Waals surface area contributed by atoms with Gasteiger partial charge in [0, 0.05) is 0 Å². The average Bonchev–Trinajstić information content (AvgIpc) is 3.02. The van der Waals surface area contributed by atoms with E-state index in [1.54, 1.807) is 30.3 Å². The van der Waals surface area contributed by atoms with Crippen molar-refractivity contribution in [1.29, 1.82) is 0 Å². The third-order valence-electron chi connectivity index (χ3n) is 4.15. The third-order valence-corrected chi connectivity index (χ3v) is 5.68. The molecule has 0 spiro atoms. The molecule has 166 valence electrons. The van der Waals surface area contributed by atoms with Gasteiger partial charge in [0.25, 0.3) is 17.1 Å². The number of thioether (sulfide) groups is 1. The van der Waals surface area contributed by atoms with Gasteiger partial charge in [-0.2, -0.15) is 0 Å². The number of hydrogen-bond donors (Lipinski definition) is 1. The van der Waals surface area contributed by atoms with Crippen LogP contribution in [0.15, 0.2) is 47.4 Å². The molecule has 1 heterocycles. The van der Waals surface area contributed by atoms with Gasteiger partial charge in [-0.15, -0.1) is 0 Å². The number of rotatable bonds is 7. The fourth-order valence-electron chi connectivity index (χ4n) is 2.60. The van der Waals surface area contributed by atoms with Crippen LogP contribution in [0.1, 0.15) is 5.56 Å². The zero-order valence-corrected chi connectivity index (χ0v) is 18.9. The summed E-state index contributed by atoms with van der Waals surface area (Å²) in [4.78, 5) is 48.8. The standard InChI is InChI=1S/C21H16Cl2N2O6S/c1-30-19(27)10-25-20(28)17(32-21(25)29)9-12-6-7-16(14(23)8-12)31-11-18(26)24-15-5-3-2-4-13(15)22/h2-9H,10-11H2,1H3,(H,24,26)/b17-9-. The number of benzene rings is 2. The monoisotopic (exact) mass is 494 g/mol. The van der Waals surface area contributed by atoms with Crippen LogP contribution < -0.4 is 10.1 Å². The molecule has 0 radical (unpaired) electrons. The highest BCUT2D eigenvalue weighted by molar-refractivity contribution is 8.18. The van der Waals surface area contributed by atoms with E-state index in [1.807, 2.05) is 0 Å². The number of methoxy groups -OCH3 is 1. The molecule has 32 heavy (non-hydrogen) atoms. The molecule has 2 aromatic rings. The topological polar surface area (TPSA) is 102 Å². The van der Waals surface area contributed by atoms with Gasteiger partial charge in [-0.05, 0) is 47.7 Å². The summed E-state index contributed by atoms with van der Waals surface area (Å²) in [5.74, 6) is -1.45. The Balaban J connectivity index is 1.63. The second kappa shape index (κ2) is 10.5. The minimum absolute atomic E-state index is 0.141. The van der Waals surface area contributed by atoms with Crippen molar-refractivity contribution in [3.63, 3.8) is 0 Å². The Labute approximate surface area is 197 Å². The van der Waals surface area contributed by atoms with Crippen molar-refractivity contribution in [2.45, 2.75) is 0 Å². The normalized spacial score (nSPS) is 14.6. The van der Waals surface area contributed by atoms with Gasteiger partial charge in [-0.3, -0.25) is 24.1 Å². The van der Waals surface area contributed by atoms with E-state index in [0.717, 1.165) is 4.90 Å². The van der Waals surface area contributed by atoms with E-state index in [9.17, 15) is 19.2 Å². The molecular weight excluding hydrogens is 479 g/mol. The van der Waals surface area contributed by atoms with E-state index >= 15 is 0 Å². The van der Waals surface area contributed by atoms with E-state index in [2.05, 4.69) is 10.1 Å². The van der Waals surface area contributed by atoms with Crippen molar-refractivity contribution in [3.05, 3.63) is 63.0 Å². The zero-order valence-electron chi connectivity index (χ0n) is 16.6. The summed E-state index contributed by atoms with van der Waals surface area (Å²) in [5.41, 5.74) is 0.997. The van der Waals surface area contributed by atoms with E-state index in [-0.39, 0.29) is 22.3 Å². The quantitative estimate of drug-likeness (QED) is 0.453. The molecule has 0 saturated carbocycles. The Morgan fingerprint density at radius 1 is 1.12 bits per heavy atom. The lowest BCUT2D eigenvalue weighted by Crippen LogP contribution is -2.34. The number of amides is 3. The van der Waals surface area contributed by atoms with Gasteiger partial charge in [0.15, 0.2) is 6.61 Å². The lowest BCUT2D eigenvalue weighted by Gasteiger charge is -2.10. The van der Waals surface area contributed by atoms with Crippen molar-refractivity contribution in [3.8, 4) is 5.75 Å². The second-order valence-corrected chi connectivity index (χ2v) is 8.16. The number of carbonyl (C=O) groups is 4. The van der Waals surface area contributed by atoms with Crippen LogP contribution in [0.3, 0.4) is 0 Å². The number of carbonyl (C=O) groups excluding carboxylic acids is 4. The van der Waals surface area contributed by atoms with Crippen LogP contribution >= 0.6 is 35.0 Å².